The first-order chi connectivity index (χ1) is 8.86. The van der Waals surface area contributed by atoms with Crippen LogP contribution in [0.3, 0.4) is 0 Å². The van der Waals surface area contributed by atoms with E-state index in [2.05, 4.69) is 27.8 Å². The summed E-state index contributed by atoms with van der Waals surface area (Å²) in [5, 5.41) is 10.4. The summed E-state index contributed by atoms with van der Waals surface area (Å²) in [6.45, 7) is 0.843. The molecule has 3 aromatic rings. The maximum atomic E-state index is 9.23. The van der Waals surface area contributed by atoms with Crippen molar-refractivity contribution >= 4 is 10.9 Å². The smallest absolute Gasteiger partial charge is 0.0832 e. The summed E-state index contributed by atoms with van der Waals surface area (Å²) in [4.78, 5) is 4.31. The molecule has 2 aromatic heterocycles. The van der Waals surface area contributed by atoms with E-state index in [1.807, 2.05) is 30.5 Å². The molecule has 0 bridgehead atoms. The SMILES string of the molecule is OCc1cccn1Cc1ccc2ncccc2c1. The number of benzene rings is 1. The van der Waals surface area contributed by atoms with Gasteiger partial charge in [0.2, 0.25) is 0 Å². The summed E-state index contributed by atoms with van der Waals surface area (Å²) in [6.07, 6.45) is 3.79. The van der Waals surface area contributed by atoms with E-state index in [0.29, 0.717) is 0 Å². The van der Waals surface area contributed by atoms with E-state index in [1.165, 1.54) is 5.56 Å². The van der Waals surface area contributed by atoms with Gasteiger partial charge in [0.15, 0.2) is 0 Å². The Kier molecular flexibility index (Phi) is 2.82. The van der Waals surface area contributed by atoms with Gasteiger partial charge in [0.05, 0.1) is 12.1 Å². The van der Waals surface area contributed by atoms with Crippen molar-refractivity contribution in [3.8, 4) is 0 Å². The highest BCUT2D eigenvalue weighted by molar-refractivity contribution is 5.78. The molecule has 0 atom stereocenters. The number of hydrogen-bond donors (Lipinski definition) is 1. The van der Waals surface area contributed by atoms with E-state index in [9.17, 15) is 5.11 Å². The van der Waals surface area contributed by atoms with Gasteiger partial charge in [-0.3, -0.25) is 4.98 Å². The molecule has 0 radical (unpaired) electrons. The van der Waals surface area contributed by atoms with Gasteiger partial charge in [-0.2, -0.15) is 0 Å². The van der Waals surface area contributed by atoms with Crippen LogP contribution in [-0.2, 0) is 13.2 Å². The Hall–Kier alpha value is -2.13. The van der Waals surface area contributed by atoms with Gasteiger partial charge in [-0.1, -0.05) is 12.1 Å². The lowest BCUT2D eigenvalue weighted by Crippen LogP contribution is -2.02. The van der Waals surface area contributed by atoms with Crippen molar-refractivity contribution in [1.82, 2.24) is 9.55 Å². The van der Waals surface area contributed by atoms with Crippen molar-refractivity contribution in [3.05, 3.63) is 66.1 Å². The molecule has 0 fully saturated rings. The van der Waals surface area contributed by atoms with Gasteiger partial charge in [0, 0.05) is 30.0 Å². The lowest BCUT2D eigenvalue weighted by atomic mass is 10.1. The molecular formula is C15H14N2O. The monoisotopic (exact) mass is 238 g/mol. The number of aromatic nitrogens is 2. The molecule has 0 aliphatic heterocycles. The second-order valence-electron chi connectivity index (χ2n) is 4.32. The van der Waals surface area contributed by atoms with E-state index in [-0.39, 0.29) is 6.61 Å². The van der Waals surface area contributed by atoms with Crippen molar-refractivity contribution in [2.24, 2.45) is 0 Å². The van der Waals surface area contributed by atoms with Gasteiger partial charge in [0.1, 0.15) is 0 Å². The van der Waals surface area contributed by atoms with E-state index in [4.69, 9.17) is 0 Å². The number of aliphatic hydroxyl groups is 1. The Morgan fingerprint density at radius 2 is 2.06 bits per heavy atom. The van der Waals surface area contributed by atoms with Crippen molar-refractivity contribution in [1.29, 1.82) is 0 Å². The lowest BCUT2D eigenvalue weighted by Gasteiger charge is -2.08. The maximum Gasteiger partial charge on any atom is 0.0832 e. The Morgan fingerprint density at radius 1 is 1.11 bits per heavy atom. The molecule has 1 N–H and O–H groups in total. The summed E-state index contributed by atoms with van der Waals surface area (Å²) in [6, 6.07) is 14.2. The molecule has 0 aliphatic rings. The number of hydrogen-bond acceptors (Lipinski definition) is 2. The Bertz CT molecular complexity index is 673. The van der Waals surface area contributed by atoms with Crippen LogP contribution in [0.4, 0.5) is 0 Å². The molecule has 3 nitrogen and oxygen atoms in total. The largest absolute Gasteiger partial charge is 0.390 e. The van der Waals surface area contributed by atoms with Crippen molar-refractivity contribution in [2.45, 2.75) is 13.2 Å². The first kappa shape index (κ1) is 11.0. The standard InChI is InChI=1S/C15H14N2O/c18-11-14-4-2-8-17(14)10-12-5-6-15-13(9-12)3-1-7-16-15/h1-9,18H,10-11H2. The molecule has 0 unspecified atom stereocenters. The third-order valence-electron chi connectivity index (χ3n) is 3.11. The molecular weight excluding hydrogens is 224 g/mol. The molecule has 2 heterocycles. The van der Waals surface area contributed by atoms with Crippen molar-refractivity contribution < 1.29 is 5.11 Å². The van der Waals surface area contributed by atoms with E-state index < -0.39 is 0 Å². The minimum Gasteiger partial charge on any atom is -0.390 e. The molecule has 18 heavy (non-hydrogen) atoms. The second kappa shape index (κ2) is 4.63. The van der Waals surface area contributed by atoms with Crippen LogP contribution in [0.25, 0.3) is 10.9 Å². The first-order valence-corrected chi connectivity index (χ1v) is 5.95. The van der Waals surface area contributed by atoms with Crippen LogP contribution in [0.5, 0.6) is 0 Å². The molecule has 3 heteroatoms. The summed E-state index contributed by atoms with van der Waals surface area (Å²) < 4.78 is 2.05. The highest BCUT2D eigenvalue weighted by Crippen LogP contribution is 2.15. The molecule has 1 aromatic carbocycles. The van der Waals surface area contributed by atoms with Gasteiger partial charge in [0.25, 0.3) is 0 Å². The normalized spacial score (nSPS) is 10.9. The van der Waals surface area contributed by atoms with Crippen molar-refractivity contribution in [3.63, 3.8) is 0 Å². The predicted octanol–water partition coefficient (Wildman–Crippen LogP) is 2.58. The molecule has 3 rings (SSSR count). The molecule has 90 valence electrons. The molecule has 0 saturated heterocycles. The molecule has 0 spiro atoms. The van der Waals surface area contributed by atoms with Gasteiger partial charge in [-0.05, 0) is 35.9 Å². The van der Waals surface area contributed by atoms with E-state index in [0.717, 1.165) is 23.1 Å². The van der Waals surface area contributed by atoms with Gasteiger partial charge < -0.3 is 9.67 Å². The highest BCUT2D eigenvalue weighted by atomic mass is 16.3. The summed E-state index contributed by atoms with van der Waals surface area (Å²) >= 11 is 0. The van der Waals surface area contributed by atoms with E-state index >= 15 is 0 Å². The quantitative estimate of drug-likeness (QED) is 0.761. The van der Waals surface area contributed by atoms with Crippen LogP contribution in [0, 0.1) is 0 Å². The van der Waals surface area contributed by atoms with Crippen LogP contribution >= 0.6 is 0 Å². The first-order valence-electron chi connectivity index (χ1n) is 5.95. The van der Waals surface area contributed by atoms with Gasteiger partial charge >= 0.3 is 0 Å². The van der Waals surface area contributed by atoms with Crippen LogP contribution in [0.1, 0.15) is 11.3 Å². The highest BCUT2D eigenvalue weighted by Gasteiger charge is 2.01. The van der Waals surface area contributed by atoms with Crippen LogP contribution in [0.2, 0.25) is 0 Å². The zero-order valence-electron chi connectivity index (χ0n) is 9.95. The number of pyridine rings is 1. The number of fused-ring (bicyclic) bond motifs is 1. The molecule has 0 aliphatic carbocycles. The fourth-order valence-electron chi connectivity index (χ4n) is 2.17. The maximum absolute atomic E-state index is 9.23. The number of rotatable bonds is 3. The summed E-state index contributed by atoms with van der Waals surface area (Å²) in [5.74, 6) is 0. The zero-order chi connectivity index (χ0) is 12.4. The summed E-state index contributed by atoms with van der Waals surface area (Å²) in [5.41, 5.74) is 3.15. The topological polar surface area (TPSA) is 38.0 Å². The Balaban J connectivity index is 1.95. The fraction of sp³-hybridized carbons (Fsp3) is 0.133. The third-order valence-corrected chi connectivity index (χ3v) is 3.11. The van der Waals surface area contributed by atoms with Gasteiger partial charge in [-0.25, -0.2) is 0 Å². The average molecular weight is 238 g/mol. The second-order valence-corrected chi connectivity index (χ2v) is 4.32. The van der Waals surface area contributed by atoms with Gasteiger partial charge in [-0.15, -0.1) is 0 Å². The zero-order valence-corrected chi connectivity index (χ0v) is 9.95. The fourth-order valence-corrected chi connectivity index (χ4v) is 2.17. The lowest BCUT2D eigenvalue weighted by molar-refractivity contribution is 0.271. The minimum atomic E-state index is 0.0716. The van der Waals surface area contributed by atoms with Crippen molar-refractivity contribution in [2.75, 3.05) is 0 Å². The minimum absolute atomic E-state index is 0.0716. The van der Waals surface area contributed by atoms with Crippen LogP contribution in [0.15, 0.2) is 54.9 Å². The van der Waals surface area contributed by atoms with Crippen LogP contribution < -0.4 is 0 Å². The Morgan fingerprint density at radius 3 is 2.94 bits per heavy atom. The third kappa shape index (κ3) is 2.00. The predicted molar refractivity (Wildman–Crippen MR) is 71.2 cm³/mol. The molecule has 0 amide bonds. The number of aliphatic hydroxyl groups excluding tert-OH is 1. The van der Waals surface area contributed by atoms with E-state index in [1.54, 1.807) is 6.20 Å². The van der Waals surface area contributed by atoms with Crippen LogP contribution in [-0.4, -0.2) is 14.7 Å². The molecule has 0 saturated carbocycles. The summed E-state index contributed by atoms with van der Waals surface area (Å²) in [7, 11) is 0. The Labute approximate surface area is 105 Å². The average Bonchev–Trinajstić information content (AvgIpc) is 2.86. The number of nitrogens with zero attached hydrogens (tertiary/aromatic N) is 2.